The van der Waals surface area contributed by atoms with Gasteiger partial charge in [-0.1, -0.05) is 12.1 Å². The molecule has 3 heterocycles. The molecule has 0 fully saturated rings. The van der Waals surface area contributed by atoms with Crippen LogP contribution in [0.4, 0.5) is 19.0 Å². The third-order valence-electron chi connectivity index (χ3n) is 4.47. The number of nitrogen functional groups attached to an aromatic ring is 1. The van der Waals surface area contributed by atoms with Crippen LogP contribution in [0.1, 0.15) is 21.9 Å². The van der Waals surface area contributed by atoms with Gasteiger partial charge in [0, 0.05) is 5.69 Å². The zero-order valence-corrected chi connectivity index (χ0v) is 14.9. The van der Waals surface area contributed by atoms with E-state index in [2.05, 4.69) is 15.1 Å². The highest BCUT2D eigenvalue weighted by Gasteiger charge is 2.36. The molecule has 144 valence electrons. The Morgan fingerprint density at radius 3 is 2.61 bits per heavy atom. The maximum Gasteiger partial charge on any atom is 0.417 e. The number of imidazole rings is 1. The first-order valence-corrected chi connectivity index (χ1v) is 8.35. The summed E-state index contributed by atoms with van der Waals surface area (Å²) in [6, 6.07) is 8.15. The van der Waals surface area contributed by atoms with Gasteiger partial charge < -0.3 is 10.3 Å². The minimum absolute atomic E-state index is 0.109. The Hall–Kier alpha value is -3.43. The van der Waals surface area contributed by atoms with Crippen molar-refractivity contribution in [2.24, 2.45) is 0 Å². The molecule has 28 heavy (non-hydrogen) atoms. The zero-order chi connectivity index (χ0) is 20.2. The maximum atomic E-state index is 13.4. The van der Waals surface area contributed by atoms with Crippen molar-refractivity contribution in [2.45, 2.75) is 26.6 Å². The van der Waals surface area contributed by atoms with E-state index in [1.807, 2.05) is 24.3 Å². The van der Waals surface area contributed by atoms with Gasteiger partial charge in [-0.25, -0.2) is 9.97 Å². The fraction of sp³-hybridized carbons (Fsp3) is 0.222. The Labute approximate surface area is 156 Å². The van der Waals surface area contributed by atoms with Crippen LogP contribution in [-0.4, -0.2) is 30.2 Å². The van der Waals surface area contributed by atoms with Gasteiger partial charge in [0.05, 0.1) is 22.0 Å². The van der Waals surface area contributed by atoms with Crippen molar-refractivity contribution >= 4 is 33.8 Å². The van der Waals surface area contributed by atoms with Gasteiger partial charge in [0.25, 0.3) is 5.91 Å². The van der Waals surface area contributed by atoms with Crippen LogP contribution < -0.4 is 5.73 Å². The van der Waals surface area contributed by atoms with Crippen LogP contribution in [0.15, 0.2) is 30.3 Å². The molecule has 0 saturated carbocycles. The minimum Gasteiger partial charge on any atom is -0.382 e. The number of hydrogen-bond donors (Lipinski definition) is 1. The van der Waals surface area contributed by atoms with Crippen LogP contribution in [0, 0.1) is 13.8 Å². The van der Waals surface area contributed by atoms with Crippen molar-refractivity contribution < 1.29 is 18.0 Å². The minimum atomic E-state index is -4.64. The van der Waals surface area contributed by atoms with E-state index < -0.39 is 23.5 Å². The molecule has 0 bridgehead atoms. The van der Waals surface area contributed by atoms with Crippen LogP contribution >= 0.6 is 0 Å². The first-order valence-electron chi connectivity index (χ1n) is 8.35. The number of halogens is 3. The zero-order valence-electron chi connectivity index (χ0n) is 14.9. The van der Waals surface area contributed by atoms with E-state index in [1.54, 1.807) is 11.5 Å². The number of fused-ring (bicyclic) bond motifs is 2. The number of alkyl halides is 3. The molecule has 0 aliphatic heterocycles. The smallest absolute Gasteiger partial charge is 0.382 e. The lowest BCUT2D eigenvalue weighted by molar-refractivity contribution is -0.136. The molecule has 0 aliphatic rings. The van der Waals surface area contributed by atoms with Gasteiger partial charge in [-0.05, 0) is 32.0 Å². The van der Waals surface area contributed by atoms with E-state index in [4.69, 9.17) is 5.73 Å². The van der Waals surface area contributed by atoms with Crippen molar-refractivity contribution in [1.29, 1.82) is 0 Å². The number of para-hydroxylation sites is 2. The molecule has 0 saturated heterocycles. The molecule has 0 spiro atoms. The molecule has 0 amide bonds. The molecule has 1 aromatic carbocycles. The van der Waals surface area contributed by atoms with Gasteiger partial charge in [-0.3, -0.25) is 4.79 Å². The molecule has 4 aromatic rings. The van der Waals surface area contributed by atoms with E-state index in [-0.39, 0.29) is 23.3 Å². The van der Waals surface area contributed by atoms with E-state index in [1.165, 1.54) is 6.92 Å². The number of carbonyl (C=O) groups is 1. The quantitative estimate of drug-likeness (QED) is 0.569. The highest BCUT2D eigenvalue weighted by molar-refractivity contribution is 5.97. The number of nitrogens with zero attached hydrogens (tertiary/aromatic N) is 5. The van der Waals surface area contributed by atoms with Gasteiger partial charge in [0.2, 0.25) is 0 Å². The molecular weight excluding hydrogens is 373 g/mol. The molecular formula is C18H15F3N6O. The van der Waals surface area contributed by atoms with Crippen LogP contribution in [0.25, 0.3) is 22.1 Å². The second-order valence-corrected chi connectivity index (χ2v) is 6.43. The first-order chi connectivity index (χ1) is 13.2. The molecule has 0 radical (unpaired) electrons. The van der Waals surface area contributed by atoms with Gasteiger partial charge >= 0.3 is 6.18 Å². The SMILES string of the molecule is Cc1cc(C(F)(F)F)c2c(N)nn(C(=O)Cn3c(C)nc4ccccc43)c2n1. The number of carbonyl (C=O) groups excluding carboxylic acids is 1. The lowest BCUT2D eigenvalue weighted by Gasteiger charge is -2.10. The average molecular weight is 388 g/mol. The summed E-state index contributed by atoms with van der Waals surface area (Å²) in [5.74, 6) is -0.367. The fourth-order valence-electron chi connectivity index (χ4n) is 3.26. The predicted molar refractivity (Wildman–Crippen MR) is 96.8 cm³/mol. The predicted octanol–water partition coefficient (Wildman–Crippen LogP) is 3.34. The summed E-state index contributed by atoms with van der Waals surface area (Å²) in [6.07, 6.45) is -4.64. The van der Waals surface area contributed by atoms with Crippen molar-refractivity contribution in [2.75, 3.05) is 5.73 Å². The summed E-state index contributed by atoms with van der Waals surface area (Å²) in [6.45, 7) is 2.99. The average Bonchev–Trinajstić information content (AvgIpc) is 3.11. The second-order valence-electron chi connectivity index (χ2n) is 6.43. The molecule has 3 aromatic heterocycles. The maximum absolute atomic E-state index is 13.4. The first kappa shape index (κ1) is 18.0. The Bertz CT molecular complexity index is 1240. The van der Waals surface area contributed by atoms with Crippen LogP contribution in [-0.2, 0) is 12.7 Å². The summed E-state index contributed by atoms with van der Waals surface area (Å²) in [4.78, 5) is 21.3. The Balaban J connectivity index is 1.84. The van der Waals surface area contributed by atoms with Crippen molar-refractivity contribution in [3.05, 3.63) is 47.4 Å². The fourth-order valence-corrected chi connectivity index (χ4v) is 3.26. The normalized spacial score (nSPS) is 12.2. The van der Waals surface area contributed by atoms with Gasteiger partial charge in [0.15, 0.2) is 11.5 Å². The lowest BCUT2D eigenvalue weighted by Crippen LogP contribution is -2.20. The number of hydrogen-bond acceptors (Lipinski definition) is 5. The highest BCUT2D eigenvalue weighted by Crippen LogP contribution is 2.37. The Morgan fingerprint density at radius 1 is 1.18 bits per heavy atom. The van der Waals surface area contributed by atoms with E-state index in [0.717, 1.165) is 16.3 Å². The van der Waals surface area contributed by atoms with Crippen molar-refractivity contribution in [1.82, 2.24) is 24.3 Å². The number of anilines is 1. The largest absolute Gasteiger partial charge is 0.417 e. The number of benzene rings is 1. The number of nitrogens with two attached hydrogens (primary N) is 1. The van der Waals surface area contributed by atoms with E-state index in [0.29, 0.717) is 11.3 Å². The number of rotatable bonds is 2. The molecule has 0 unspecified atom stereocenters. The topological polar surface area (TPSA) is 91.6 Å². The second kappa shape index (κ2) is 6.04. The van der Waals surface area contributed by atoms with Crippen LogP contribution in [0.3, 0.4) is 0 Å². The number of aryl methyl sites for hydroxylation is 2. The molecule has 10 heteroatoms. The van der Waals surface area contributed by atoms with Crippen molar-refractivity contribution in [3.63, 3.8) is 0 Å². The lowest BCUT2D eigenvalue weighted by atomic mass is 10.1. The van der Waals surface area contributed by atoms with Gasteiger partial charge in [0.1, 0.15) is 12.4 Å². The standard InChI is InChI=1S/C18H15F3N6O/c1-9-7-11(18(19,20)21)15-16(22)25-27(17(15)23-9)14(28)8-26-10(2)24-12-5-3-4-6-13(12)26/h3-7H,8H2,1-2H3,(H2,22,25). The number of pyridine rings is 1. The van der Waals surface area contributed by atoms with Crippen LogP contribution in [0.2, 0.25) is 0 Å². The molecule has 7 nitrogen and oxygen atoms in total. The molecule has 2 N–H and O–H groups in total. The van der Waals surface area contributed by atoms with Crippen molar-refractivity contribution in [3.8, 4) is 0 Å². The van der Waals surface area contributed by atoms with Crippen LogP contribution in [0.5, 0.6) is 0 Å². The van der Waals surface area contributed by atoms with E-state index >= 15 is 0 Å². The third kappa shape index (κ3) is 2.77. The van der Waals surface area contributed by atoms with Gasteiger partial charge in [-0.15, -0.1) is 5.10 Å². The number of aromatic nitrogens is 5. The summed E-state index contributed by atoms with van der Waals surface area (Å²) in [5.41, 5.74) is 6.10. The Morgan fingerprint density at radius 2 is 1.89 bits per heavy atom. The molecule has 0 aliphatic carbocycles. The third-order valence-corrected chi connectivity index (χ3v) is 4.47. The molecule has 4 rings (SSSR count). The van der Waals surface area contributed by atoms with E-state index in [9.17, 15) is 18.0 Å². The summed E-state index contributed by atoms with van der Waals surface area (Å²) < 4.78 is 42.7. The Kier molecular flexibility index (Phi) is 3.88. The monoisotopic (exact) mass is 388 g/mol. The summed E-state index contributed by atoms with van der Waals surface area (Å²) >= 11 is 0. The molecule has 0 atom stereocenters. The van der Waals surface area contributed by atoms with Gasteiger partial charge in [-0.2, -0.15) is 17.9 Å². The summed E-state index contributed by atoms with van der Waals surface area (Å²) in [5, 5.41) is 3.47. The summed E-state index contributed by atoms with van der Waals surface area (Å²) in [7, 11) is 0. The highest BCUT2D eigenvalue weighted by atomic mass is 19.4.